The number of anilines is 2. The number of rotatable bonds is 20. The first kappa shape index (κ1) is 52.2. The fourth-order valence-corrected chi connectivity index (χ4v) is 9.73. The van der Waals surface area contributed by atoms with Crippen molar-refractivity contribution in [1.82, 2.24) is 39.0 Å². The molecule has 6 heterocycles. The van der Waals surface area contributed by atoms with Gasteiger partial charge < -0.3 is 55.9 Å². The number of aliphatic hydroxyl groups excluding tert-OH is 2. The number of carbonyl (C=O) groups excluding carboxylic acids is 2. The van der Waals surface area contributed by atoms with Crippen molar-refractivity contribution < 1.29 is 68.5 Å². The summed E-state index contributed by atoms with van der Waals surface area (Å²) in [5, 5.41) is 51.8. The maximum atomic E-state index is 14.0. The van der Waals surface area contributed by atoms with Crippen molar-refractivity contribution in [1.29, 1.82) is 0 Å². The van der Waals surface area contributed by atoms with E-state index in [9.17, 15) is 49.5 Å². The quantitative estimate of drug-likeness (QED) is 0.0477. The number of hydrogen-bond donors (Lipinski definition) is 7. The van der Waals surface area contributed by atoms with Crippen LogP contribution in [0.2, 0.25) is 0 Å². The van der Waals surface area contributed by atoms with Gasteiger partial charge in [0.25, 0.3) is 0 Å². The molecule has 400 valence electrons. The van der Waals surface area contributed by atoms with Gasteiger partial charge in [-0.05, 0) is 78.9 Å². The second-order valence-corrected chi connectivity index (χ2v) is 18.9. The fraction of sp³-hybridized carbons (Fsp3) is 0.278. The number of nitrogens with two attached hydrogens (primary N) is 2. The molecule has 0 amide bonds. The Bertz CT molecular complexity index is 3680. The number of aliphatic hydroxyl groups is 2. The molecular weight excluding hydrogens is 1010 g/mol. The standard InChI is InChI=1S/C54H50N10O14/c1-26-14-28(16-30(15-26)75-21-31-19-40(67)50(77-31)63-24-59-43-45(55)57-23-58-48(43)63)8-13-39(66)37-18-29(9-11-35(37)53(71)72)47-61-46(56)44-49(62-47)64(25-60-44)51-41(68)20-32(78-51)22-76-42-17-27(6-10-36(42)54(73)74)7-12-38(65)33-4-2-3-5-34(33)52(69)70/h2-6,9-11,14-18,23-25,31-32,40-41,50-51,67-68H,7-8,12-13,19-22H2,1H3,(H,69,70)(H,71,72)(H,73,74)(H2,55,57,58)(H2,56,61,62)/t31-,32-,40+,41+,50+,51+/m0/s1. The van der Waals surface area contributed by atoms with E-state index in [1.807, 2.05) is 19.1 Å². The maximum absolute atomic E-state index is 14.0. The number of nitrogens with zero attached hydrogens (tertiary/aromatic N) is 8. The lowest BCUT2D eigenvalue weighted by Crippen LogP contribution is -2.20. The van der Waals surface area contributed by atoms with Crippen molar-refractivity contribution in [3.05, 3.63) is 142 Å². The summed E-state index contributed by atoms with van der Waals surface area (Å²) in [5.74, 6) is -4.01. The molecule has 0 aliphatic carbocycles. The van der Waals surface area contributed by atoms with Crippen LogP contribution in [0.15, 0.2) is 97.8 Å². The predicted molar refractivity (Wildman–Crippen MR) is 275 cm³/mol. The lowest BCUT2D eigenvalue weighted by molar-refractivity contribution is -0.0458. The molecule has 0 bridgehead atoms. The number of aromatic nitrogens is 8. The highest BCUT2D eigenvalue weighted by Gasteiger charge is 2.38. The van der Waals surface area contributed by atoms with Crippen LogP contribution in [0.3, 0.4) is 0 Å². The summed E-state index contributed by atoms with van der Waals surface area (Å²) in [6.45, 7) is 1.79. The molecule has 4 aromatic carbocycles. The summed E-state index contributed by atoms with van der Waals surface area (Å²) in [6.07, 6.45) is -0.367. The molecule has 0 saturated carbocycles. The number of carboxylic acids is 3. The maximum Gasteiger partial charge on any atom is 0.339 e. The summed E-state index contributed by atoms with van der Waals surface area (Å²) in [6, 6.07) is 19.9. The van der Waals surface area contributed by atoms with Gasteiger partial charge in [-0.2, -0.15) is 0 Å². The molecule has 6 atom stereocenters. The molecule has 2 fully saturated rings. The number of aryl methyl sites for hydroxylation is 3. The van der Waals surface area contributed by atoms with Crippen molar-refractivity contribution >= 4 is 63.4 Å². The van der Waals surface area contributed by atoms with Gasteiger partial charge in [0.2, 0.25) is 0 Å². The zero-order chi connectivity index (χ0) is 54.9. The molecule has 2 saturated heterocycles. The first-order valence-corrected chi connectivity index (χ1v) is 24.6. The number of carbonyl (C=O) groups is 5. The summed E-state index contributed by atoms with van der Waals surface area (Å²) < 4.78 is 27.6. The van der Waals surface area contributed by atoms with Crippen LogP contribution < -0.4 is 20.9 Å². The lowest BCUT2D eigenvalue weighted by atomic mass is 9.96. The van der Waals surface area contributed by atoms with Gasteiger partial charge in [0.15, 0.2) is 52.8 Å². The number of ketones is 2. The summed E-state index contributed by atoms with van der Waals surface area (Å²) in [5.41, 5.74) is 15.4. The third-order valence-corrected chi connectivity index (χ3v) is 13.5. The Kier molecular flexibility index (Phi) is 14.6. The van der Waals surface area contributed by atoms with E-state index in [4.69, 9.17) is 35.4 Å². The highest BCUT2D eigenvalue weighted by molar-refractivity contribution is 6.07. The van der Waals surface area contributed by atoms with Crippen molar-refractivity contribution in [2.45, 2.75) is 82.3 Å². The SMILES string of the molecule is Cc1cc(CCC(=O)c2cc(-c3nc(N)c4ncn([C@@H]5O[C@H](COc6cc(CCC(=O)c7ccccc7C(=O)O)ccc6C(=O)O)C[C@H]5O)c4n3)ccc2C(=O)O)cc(OC[C@@H]2C[C@@H](O)[C@H](n3cnc4c(N)ncnc43)O2)c1. The van der Waals surface area contributed by atoms with Gasteiger partial charge in [0.1, 0.15) is 59.8 Å². The van der Waals surface area contributed by atoms with E-state index < -0.39 is 66.3 Å². The number of benzene rings is 4. The van der Waals surface area contributed by atoms with Gasteiger partial charge in [0, 0.05) is 42.4 Å². The first-order valence-electron chi connectivity index (χ1n) is 24.6. The van der Waals surface area contributed by atoms with Gasteiger partial charge in [-0.3, -0.25) is 18.7 Å². The topological polar surface area (TPSA) is 363 Å². The fourth-order valence-electron chi connectivity index (χ4n) is 9.73. The molecule has 0 unspecified atom stereocenters. The highest BCUT2D eigenvalue weighted by Crippen LogP contribution is 2.36. The van der Waals surface area contributed by atoms with Crippen LogP contribution >= 0.6 is 0 Å². The number of hydrogen-bond acceptors (Lipinski definition) is 19. The van der Waals surface area contributed by atoms with Crippen LogP contribution in [-0.2, 0) is 22.3 Å². The summed E-state index contributed by atoms with van der Waals surface area (Å²) in [4.78, 5) is 89.3. The van der Waals surface area contributed by atoms with Gasteiger partial charge >= 0.3 is 17.9 Å². The van der Waals surface area contributed by atoms with Crippen LogP contribution in [0.4, 0.5) is 11.6 Å². The van der Waals surface area contributed by atoms with E-state index in [-0.39, 0.29) is 119 Å². The Morgan fingerprint density at radius 1 is 0.615 bits per heavy atom. The number of carboxylic acid groups (broad SMARTS) is 3. The third-order valence-electron chi connectivity index (χ3n) is 13.5. The number of nitrogen functional groups attached to an aromatic ring is 2. The normalized spacial score (nSPS) is 19.1. The zero-order valence-electron chi connectivity index (χ0n) is 41.5. The number of aromatic carboxylic acids is 3. The minimum Gasteiger partial charge on any atom is -0.491 e. The van der Waals surface area contributed by atoms with Gasteiger partial charge in [-0.25, -0.2) is 44.3 Å². The zero-order valence-corrected chi connectivity index (χ0v) is 41.5. The van der Waals surface area contributed by atoms with Gasteiger partial charge in [-0.1, -0.05) is 36.4 Å². The molecule has 24 nitrogen and oxygen atoms in total. The van der Waals surface area contributed by atoms with Crippen LogP contribution in [-0.4, -0.2) is 132 Å². The van der Waals surface area contributed by atoms with E-state index in [0.717, 1.165) is 11.1 Å². The number of ether oxygens (including phenoxy) is 4. The van der Waals surface area contributed by atoms with E-state index >= 15 is 0 Å². The Morgan fingerprint density at radius 3 is 1.88 bits per heavy atom. The molecule has 4 aromatic heterocycles. The van der Waals surface area contributed by atoms with Crippen molar-refractivity contribution in [2.75, 3.05) is 24.7 Å². The first-order chi connectivity index (χ1) is 37.5. The molecule has 0 radical (unpaired) electrons. The second kappa shape index (κ2) is 21.8. The molecule has 9 N–H and O–H groups in total. The van der Waals surface area contributed by atoms with Crippen LogP contribution in [0.25, 0.3) is 33.7 Å². The Balaban J connectivity index is 0.796. The smallest absolute Gasteiger partial charge is 0.339 e. The lowest BCUT2D eigenvalue weighted by Gasteiger charge is -2.18. The minimum absolute atomic E-state index is 0.00701. The molecule has 78 heavy (non-hydrogen) atoms. The number of imidazole rings is 2. The van der Waals surface area contributed by atoms with Crippen LogP contribution in [0.1, 0.15) is 107 Å². The molecule has 0 spiro atoms. The Morgan fingerprint density at radius 2 is 1.21 bits per heavy atom. The molecular formula is C54H50N10O14. The summed E-state index contributed by atoms with van der Waals surface area (Å²) >= 11 is 0. The van der Waals surface area contributed by atoms with Gasteiger partial charge in [-0.15, -0.1) is 0 Å². The number of Topliss-reactive ketones (excluding diaryl/α,β-unsaturated/α-hetero) is 2. The van der Waals surface area contributed by atoms with Crippen molar-refractivity contribution in [3.63, 3.8) is 0 Å². The molecule has 8 aromatic rings. The predicted octanol–water partition coefficient (Wildman–Crippen LogP) is 5.29. The van der Waals surface area contributed by atoms with E-state index in [2.05, 4.69) is 24.9 Å². The second-order valence-electron chi connectivity index (χ2n) is 18.9. The van der Waals surface area contributed by atoms with E-state index in [1.54, 1.807) is 22.8 Å². The Hall–Kier alpha value is -9.23. The summed E-state index contributed by atoms with van der Waals surface area (Å²) in [7, 11) is 0. The highest BCUT2D eigenvalue weighted by atomic mass is 16.6. The van der Waals surface area contributed by atoms with Crippen molar-refractivity contribution in [3.8, 4) is 22.9 Å². The molecule has 2 aliphatic rings. The van der Waals surface area contributed by atoms with Crippen LogP contribution in [0.5, 0.6) is 11.5 Å². The number of fused-ring (bicyclic) bond motifs is 2. The van der Waals surface area contributed by atoms with Gasteiger partial charge in [0.05, 0.1) is 36.0 Å². The minimum atomic E-state index is -1.32. The largest absolute Gasteiger partial charge is 0.491 e. The Labute approximate surface area is 441 Å². The average Bonchev–Trinajstić information content (AvgIpc) is 4.40. The van der Waals surface area contributed by atoms with E-state index in [0.29, 0.717) is 22.5 Å². The van der Waals surface area contributed by atoms with E-state index in [1.165, 1.54) is 72.1 Å². The molecule has 2 aliphatic heterocycles. The van der Waals surface area contributed by atoms with Crippen molar-refractivity contribution in [2.24, 2.45) is 0 Å². The third kappa shape index (κ3) is 10.8. The molecule has 24 heteroatoms. The molecule has 10 rings (SSSR count). The average molecular weight is 1060 g/mol. The monoisotopic (exact) mass is 1060 g/mol. The van der Waals surface area contributed by atoms with Crippen LogP contribution in [0, 0.1) is 6.92 Å².